The lowest BCUT2D eigenvalue weighted by Crippen LogP contribution is -2.47. The first kappa shape index (κ1) is 17.9. The van der Waals surface area contributed by atoms with Gasteiger partial charge in [-0.05, 0) is 64.5 Å². The van der Waals surface area contributed by atoms with Gasteiger partial charge in [0.15, 0.2) is 0 Å². The number of aliphatic hydroxyl groups excluding tert-OH is 1. The van der Waals surface area contributed by atoms with Gasteiger partial charge in [0.1, 0.15) is 0 Å². The molecular formula is C20H33N3O. The van der Waals surface area contributed by atoms with Crippen LogP contribution in [0.25, 0.3) is 0 Å². The van der Waals surface area contributed by atoms with E-state index in [-0.39, 0.29) is 6.10 Å². The molecule has 2 saturated heterocycles. The normalized spacial score (nSPS) is 22.3. The van der Waals surface area contributed by atoms with Gasteiger partial charge in [-0.3, -0.25) is 4.90 Å². The molecular weight excluding hydrogens is 298 g/mol. The fourth-order valence-corrected chi connectivity index (χ4v) is 4.25. The molecule has 1 N–H and O–H groups in total. The number of likely N-dealkylation sites (tertiary alicyclic amines) is 2. The second-order valence-electron chi connectivity index (χ2n) is 7.61. The van der Waals surface area contributed by atoms with Crippen molar-refractivity contribution in [2.45, 2.75) is 44.4 Å². The third-order valence-electron chi connectivity index (χ3n) is 5.50. The van der Waals surface area contributed by atoms with Gasteiger partial charge < -0.3 is 14.9 Å². The topological polar surface area (TPSA) is 30.0 Å². The molecule has 0 saturated carbocycles. The number of hydrogen-bond acceptors (Lipinski definition) is 4. The van der Waals surface area contributed by atoms with E-state index < -0.39 is 0 Å². The van der Waals surface area contributed by atoms with Crippen LogP contribution in [-0.2, 0) is 6.54 Å². The lowest BCUT2D eigenvalue weighted by atomic mass is 10.0. The van der Waals surface area contributed by atoms with Gasteiger partial charge in [0, 0.05) is 25.7 Å². The van der Waals surface area contributed by atoms with Gasteiger partial charge in [0.25, 0.3) is 0 Å². The zero-order valence-electron chi connectivity index (χ0n) is 15.1. The van der Waals surface area contributed by atoms with Crippen molar-refractivity contribution in [3.8, 4) is 0 Å². The zero-order chi connectivity index (χ0) is 16.8. The minimum absolute atomic E-state index is 0.262. The average Bonchev–Trinajstić information content (AvgIpc) is 3.10. The molecule has 1 unspecified atom stereocenters. The molecule has 0 bridgehead atoms. The average molecular weight is 332 g/mol. The highest BCUT2D eigenvalue weighted by molar-refractivity contribution is 5.14. The molecule has 1 atom stereocenters. The van der Waals surface area contributed by atoms with Gasteiger partial charge in [0.05, 0.1) is 6.10 Å². The Morgan fingerprint density at radius 1 is 1.08 bits per heavy atom. The van der Waals surface area contributed by atoms with Crippen molar-refractivity contribution < 1.29 is 5.11 Å². The maximum absolute atomic E-state index is 10.4. The Labute approximate surface area is 147 Å². The minimum atomic E-state index is -0.262. The lowest BCUT2D eigenvalue weighted by Gasteiger charge is -2.37. The van der Waals surface area contributed by atoms with E-state index in [9.17, 15) is 5.11 Å². The Morgan fingerprint density at radius 2 is 1.75 bits per heavy atom. The number of β-amino-alcohol motifs (C(OH)–C–C–N with tert-alkyl or cyclic N) is 1. The highest BCUT2D eigenvalue weighted by Gasteiger charge is 2.27. The molecule has 0 aromatic heterocycles. The highest BCUT2D eigenvalue weighted by atomic mass is 16.3. The van der Waals surface area contributed by atoms with Crippen molar-refractivity contribution in [3.63, 3.8) is 0 Å². The van der Waals surface area contributed by atoms with Crippen molar-refractivity contribution in [1.82, 2.24) is 14.7 Å². The van der Waals surface area contributed by atoms with Crippen molar-refractivity contribution >= 4 is 0 Å². The number of nitrogens with zero attached hydrogens (tertiary/aromatic N) is 3. The summed E-state index contributed by atoms with van der Waals surface area (Å²) in [5, 5.41) is 10.4. The van der Waals surface area contributed by atoms with Crippen LogP contribution < -0.4 is 0 Å². The van der Waals surface area contributed by atoms with Gasteiger partial charge in [-0.2, -0.15) is 0 Å². The summed E-state index contributed by atoms with van der Waals surface area (Å²) in [6.45, 7) is 7.33. The first-order chi connectivity index (χ1) is 11.7. The third kappa shape index (κ3) is 5.28. The van der Waals surface area contributed by atoms with Crippen LogP contribution in [0.1, 0.15) is 31.2 Å². The summed E-state index contributed by atoms with van der Waals surface area (Å²) in [6, 6.07) is 11.3. The SMILES string of the molecule is CN(Cc1ccccc1)CC(O)CN1CCC(N2CCCC2)CC1. The van der Waals surface area contributed by atoms with E-state index in [1.807, 2.05) is 6.07 Å². The maximum atomic E-state index is 10.4. The van der Waals surface area contributed by atoms with E-state index in [0.29, 0.717) is 0 Å². The van der Waals surface area contributed by atoms with Crippen molar-refractivity contribution in [2.24, 2.45) is 0 Å². The molecule has 2 aliphatic heterocycles. The molecule has 2 heterocycles. The standard InChI is InChI=1S/C20H33N3O/c1-21(15-18-7-3-2-4-8-18)16-20(24)17-22-13-9-19(10-14-22)23-11-5-6-12-23/h2-4,7-8,19-20,24H,5-6,9-17H2,1H3. The van der Waals surface area contributed by atoms with E-state index in [1.54, 1.807) is 0 Å². The molecule has 1 aromatic rings. The van der Waals surface area contributed by atoms with E-state index in [2.05, 4.69) is 46.0 Å². The highest BCUT2D eigenvalue weighted by Crippen LogP contribution is 2.21. The summed E-state index contributed by atoms with van der Waals surface area (Å²) in [4.78, 5) is 7.35. The number of benzene rings is 1. The largest absolute Gasteiger partial charge is 0.390 e. The fraction of sp³-hybridized carbons (Fsp3) is 0.700. The molecule has 0 aliphatic carbocycles. The molecule has 2 fully saturated rings. The summed E-state index contributed by atoms with van der Waals surface area (Å²) in [5.74, 6) is 0. The smallest absolute Gasteiger partial charge is 0.0793 e. The third-order valence-corrected chi connectivity index (χ3v) is 5.50. The minimum Gasteiger partial charge on any atom is -0.390 e. The van der Waals surface area contributed by atoms with Crippen LogP contribution in [-0.4, -0.2) is 78.3 Å². The quantitative estimate of drug-likeness (QED) is 0.828. The summed E-state index contributed by atoms with van der Waals surface area (Å²) < 4.78 is 0. The van der Waals surface area contributed by atoms with Gasteiger partial charge in [-0.25, -0.2) is 0 Å². The number of hydrogen-bond donors (Lipinski definition) is 1. The van der Waals surface area contributed by atoms with Crippen LogP contribution in [0.2, 0.25) is 0 Å². The molecule has 134 valence electrons. The van der Waals surface area contributed by atoms with Crippen LogP contribution >= 0.6 is 0 Å². The van der Waals surface area contributed by atoms with Crippen LogP contribution in [0.15, 0.2) is 30.3 Å². The number of aliphatic hydroxyl groups is 1. The van der Waals surface area contributed by atoms with Crippen LogP contribution in [0.4, 0.5) is 0 Å². The molecule has 4 nitrogen and oxygen atoms in total. The monoisotopic (exact) mass is 331 g/mol. The number of rotatable bonds is 7. The predicted molar refractivity (Wildman–Crippen MR) is 99.1 cm³/mol. The van der Waals surface area contributed by atoms with Crippen LogP contribution in [0.5, 0.6) is 0 Å². The summed E-state index contributed by atoms with van der Waals surface area (Å²) in [7, 11) is 2.09. The summed E-state index contributed by atoms with van der Waals surface area (Å²) >= 11 is 0. The molecule has 0 amide bonds. The summed E-state index contributed by atoms with van der Waals surface area (Å²) in [6.07, 6.45) is 5.04. The van der Waals surface area contributed by atoms with Gasteiger partial charge >= 0.3 is 0 Å². The first-order valence-corrected chi connectivity index (χ1v) is 9.57. The molecule has 4 heteroatoms. The second-order valence-corrected chi connectivity index (χ2v) is 7.61. The van der Waals surface area contributed by atoms with E-state index in [4.69, 9.17) is 0 Å². The Bertz CT molecular complexity index is 467. The molecule has 3 rings (SSSR count). The molecule has 0 radical (unpaired) electrons. The van der Waals surface area contributed by atoms with Crippen LogP contribution in [0, 0.1) is 0 Å². The Balaban J connectivity index is 1.35. The lowest BCUT2D eigenvalue weighted by molar-refractivity contribution is 0.0557. The maximum Gasteiger partial charge on any atom is 0.0793 e. The van der Waals surface area contributed by atoms with Crippen molar-refractivity contribution in [2.75, 3.05) is 46.3 Å². The van der Waals surface area contributed by atoms with Gasteiger partial charge in [-0.15, -0.1) is 0 Å². The Kier molecular flexibility index (Phi) is 6.67. The van der Waals surface area contributed by atoms with E-state index in [0.717, 1.165) is 38.8 Å². The first-order valence-electron chi connectivity index (χ1n) is 9.57. The fourth-order valence-electron chi connectivity index (χ4n) is 4.25. The summed E-state index contributed by atoms with van der Waals surface area (Å²) in [5.41, 5.74) is 1.30. The second kappa shape index (κ2) is 8.95. The molecule has 24 heavy (non-hydrogen) atoms. The molecule has 0 spiro atoms. The van der Waals surface area contributed by atoms with Gasteiger partial charge in [0.2, 0.25) is 0 Å². The van der Waals surface area contributed by atoms with E-state index >= 15 is 0 Å². The Morgan fingerprint density at radius 3 is 2.42 bits per heavy atom. The van der Waals surface area contributed by atoms with Crippen molar-refractivity contribution in [1.29, 1.82) is 0 Å². The number of piperidine rings is 1. The van der Waals surface area contributed by atoms with E-state index in [1.165, 1.54) is 44.3 Å². The zero-order valence-corrected chi connectivity index (χ0v) is 15.1. The van der Waals surface area contributed by atoms with Crippen LogP contribution in [0.3, 0.4) is 0 Å². The number of likely N-dealkylation sites (N-methyl/N-ethyl adjacent to an activating group) is 1. The van der Waals surface area contributed by atoms with Crippen molar-refractivity contribution in [3.05, 3.63) is 35.9 Å². The van der Waals surface area contributed by atoms with Gasteiger partial charge in [-0.1, -0.05) is 30.3 Å². The molecule has 2 aliphatic rings. The molecule has 1 aromatic carbocycles. The Hall–Kier alpha value is -0.940. The predicted octanol–water partition coefficient (Wildman–Crippen LogP) is 2.04.